The first-order chi connectivity index (χ1) is 8.95. The lowest BCUT2D eigenvalue weighted by molar-refractivity contribution is 0.397. The Kier molecular flexibility index (Phi) is 3.80. The Hall–Kier alpha value is -1.55. The van der Waals surface area contributed by atoms with Crippen molar-refractivity contribution in [3.63, 3.8) is 0 Å². The Labute approximate surface area is 118 Å². The van der Waals surface area contributed by atoms with Gasteiger partial charge in [0.1, 0.15) is 5.75 Å². The molecular weight excluding hydrogens is 256 g/mol. The quantitative estimate of drug-likeness (QED) is 0.914. The van der Waals surface area contributed by atoms with Gasteiger partial charge in [-0.25, -0.2) is 4.98 Å². The van der Waals surface area contributed by atoms with Gasteiger partial charge in [-0.2, -0.15) is 0 Å². The van der Waals surface area contributed by atoms with Crippen LogP contribution in [0.5, 0.6) is 5.75 Å². The van der Waals surface area contributed by atoms with Crippen LogP contribution in [0.1, 0.15) is 26.3 Å². The average molecular weight is 276 g/mol. The second-order valence-corrected chi connectivity index (χ2v) is 6.31. The van der Waals surface area contributed by atoms with Gasteiger partial charge in [-0.15, -0.1) is 11.3 Å². The maximum absolute atomic E-state index is 5.46. The van der Waals surface area contributed by atoms with Crippen LogP contribution >= 0.6 is 11.3 Å². The van der Waals surface area contributed by atoms with Crippen molar-refractivity contribution in [1.29, 1.82) is 0 Å². The van der Waals surface area contributed by atoms with Crippen molar-refractivity contribution in [1.82, 2.24) is 4.98 Å². The molecule has 102 valence electrons. The van der Waals surface area contributed by atoms with Crippen LogP contribution in [-0.2, 0) is 5.41 Å². The molecule has 0 unspecified atom stereocenters. The number of methoxy groups -OCH3 is 1. The lowest BCUT2D eigenvalue weighted by Crippen LogP contribution is -2.12. The third-order valence-corrected chi connectivity index (χ3v) is 3.88. The molecule has 1 heterocycles. The first-order valence-corrected chi connectivity index (χ1v) is 7.16. The monoisotopic (exact) mass is 276 g/mol. The first kappa shape index (κ1) is 13.9. The van der Waals surface area contributed by atoms with Gasteiger partial charge in [0.15, 0.2) is 5.13 Å². The van der Waals surface area contributed by atoms with Crippen molar-refractivity contribution in [3.8, 4) is 17.0 Å². The Bertz CT molecular complexity index is 570. The van der Waals surface area contributed by atoms with Crippen LogP contribution in [0.15, 0.2) is 23.6 Å². The van der Waals surface area contributed by atoms with Crippen molar-refractivity contribution >= 4 is 16.5 Å². The molecule has 0 spiro atoms. The Morgan fingerprint density at radius 2 is 2.00 bits per heavy atom. The lowest BCUT2D eigenvalue weighted by Gasteiger charge is -2.22. The molecule has 4 heteroatoms. The summed E-state index contributed by atoms with van der Waals surface area (Å²) in [6, 6.07) is 6.25. The fourth-order valence-electron chi connectivity index (χ4n) is 1.97. The molecule has 0 aliphatic carbocycles. The van der Waals surface area contributed by atoms with E-state index in [2.05, 4.69) is 48.6 Å². The molecule has 1 aromatic heterocycles. The smallest absolute Gasteiger partial charge is 0.182 e. The van der Waals surface area contributed by atoms with Gasteiger partial charge in [0.2, 0.25) is 0 Å². The summed E-state index contributed by atoms with van der Waals surface area (Å²) in [5, 5.41) is 6.07. The molecule has 19 heavy (non-hydrogen) atoms. The lowest BCUT2D eigenvalue weighted by atomic mass is 9.85. The van der Waals surface area contributed by atoms with E-state index >= 15 is 0 Å². The fraction of sp³-hybridized carbons (Fsp3) is 0.400. The largest absolute Gasteiger partial charge is 0.496 e. The molecular formula is C15H20N2OS. The second-order valence-electron chi connectivity index (χ2n) is 5.45. The molecule has 0 saturated carbocycles. The van der Waals surface area contributed by atoms with Crippen molar-refractivity contribution in [3.05, 3.63) is 29.1 Å². The van der Waals surface area contributed by atoms with Crippen LogP contribution in [0.25, 0.3) is 11.3 Å². The van der Waals surface area contributed by atoms with Gasteiger partial charge >= 0.3 is 0 Å². The van der Waals surface area contributed by atoms with Crippen molar-refractivity contribution in [2.45, 2.75) is 26.2 Å². The third-order valence-electron chi connectivity index (χ3n) is 3.02. The van der Waals surface area contributed by atoms with Gasteiger partial charge < -0.3 is 10.1 Å². The molecule has 0 radical (unpaired) electrons. The molecule has 1 N–H and O–H groups in total. The number of benzene rings is 1. The SMILES string of the molecule is CNc1nc(-c2ccc(OC)c(C(C)(C)C)c2)cs1. The average Bonchev–Trinajstić information content (AvgIpc) is 2.85. The highest BCUT2D eigenvalue weighted by molar-refractivity contribution is 7.14. The summed E-state index contributed by atoms with van der Waals surface area (Å²) in [4.78, 5) is 4.54. The molecule has 2 aromatic rings. The predicted molar refractivity (Wildman–Crippen MR) is 82.3 cm³/mol. The number of aromatic nitrogens is 1. The van der Waals surface area contributed by atoms with E-state index in [0.29, 0.717) is 0 Å². The van der Waals surface area contributed by atoms with E-state index < -0.39 is 0 Å². The number of thiazole rings is 1. The third kappa shape index (κ3) is 2.89. The zero-order chi connectivity index (χ0) is 14.0. The molecule has 0 aliphatic heterocycles. The molecule has 0 fully saturated rings. The molecule has 3 nitrogen and oxygen atoms in total. The number of nitrogens with zero attached hydrogens (tertiary/aromatic N) is 1. The summed E-state index contributed by atoms with van der Waals surface area (Å²) < 4.78 is 5.46. The molecule has 0 atom stereocenters. The summed E-state index contributed by atoms with van der Waals surface area (Å²) in [6.45, 7) is 6.57. The van der Waals surface area contributed by atoms with E-state index in [-0.39, 0.29) is 5.41 Å². The topological polar surface area (TPSA) is 34.2 Å². The standard InChI is InChI=1S/C15H20N2OS/c1-15(2,3)11-8-10(6-7-13(11)18-5)12-9-19-14(16-4)17-12/h6-9H,1-5H3,(H,16,17). The number of rotatable bonds is 3. The maximum atomic E-state index is 5.46. The van der Waals surface area contributed by atoms with Gasteiger partial charge in [0.25, 0.3) is 0 Å². The van der Waals surface area contributed by atoms with Crippen molar-refractivity contribution in [2.24, 2.45) is 0 Å². The highest BCUT2D eigenvalue weighted by Crippen LogP contribution is 2.35. The van der Waals surface area contributed by atoms with E-state index in [1.165, 1.54) is 5.56 Å². The molecule has 0 aliphatic rings. The molecule has 0 saturated heterocycles. The minimum absolute atomic E-state index is 0.0449. The zero-order valence-electron chi connectivity index (χ0n) is 12.1. The number of hydrogen-bond donors (Lipinski definition) is 1. The summed E-state index contributed by atoms with van der Waals surface area (Å²) in [5.41, 5.74) is 3.38. The molecule has 0 amide bonds. The number of nitrogens with one attached hydrogen (secondary N) is 1. The van der Waals surface area contributed by atoms with Gasteiger partial charge in [-0.05, 0) is 23.6 Å². The summed E-state index contributed by atoms with van der Waals surface area (Å²) in [7, 11) is 3.60. The van der Waals surface area contributed by atoms with Crippen LogP contribution in [0.2, 0.25) is 0 Å². The van der Waals surface area contributed by atoms with E-state index in [9.17, 15) is 0 Å². The van der Waals surface area contributed by atoms with Gasteiger partial charge in [-0.1, -0.05) is 20.8 Å². The van der Waals surface area contributed by atoms with Crippen LogP contribution in [0.4, 0.5) is 5.13 Å². The highest BCUT2D eigenvalue weighted by atomic mass is 32.1. The summed E-state index contributed by atoms with van der Waals surface area (Å²) in [6.07, 6.45) is 0. The highest BCUT2D eigenvalue weighted by Gasteiger charge is 2.20. The Balaban J connectivity index is 2.48. The van der Waals surface area contributed by atoms with Crippen LogP contribution < -0.4 is 10.1 Å². The van der Waals surface area contributed by atoms with Crippen molar-refractivity contribution < 1.29 is 4.74 Å². The number of anilines is 1. The van der Waals surface area contributed by atoms with Crippen molar-refractivity contribution in [2.75, 3.05) is 19.5 Å². The summed E-state index contributed by atoms with van der Waals surface area (Å²) >= 11 is 1.61. The van der Waals surface area contributed by atoms with E-state index in [1.807, 2.05) is 13.1 Å². The number of hydrogen-bond acceptors (Lipinski definition) is 4. The van der Waals surface area contributed by atoms with Gasteiger partial charge in [0.05, 0.1) is 12.8 Å². The first-order valence-electron chi connectivity index (χ1n) is 6.28. The molecule has 1 aromatic carbocycles. The normalized spacial score (nSPS) is 11.4. The molecule has 2 rings (SSSR count). The van der Waals surface area contributed by atoms with Crippen LogP contribution in [-0.4, -0.2) is 19.1 Å². The Morgan fingerprint density at radius 3 is 2.53 bits per heavy atom. The van der Waals surface area contributed by atoms with Gasteiger partial charge in [-0.3, -0.25) is 0 Å². The second kappa shape index (κ2) is 5.21. The van der Waals surface area contributed by atoms with E-state index in [4.69, 9.17) is 4.74 Å². The van der Waals surface area contributed by atoms with Gasteiger partial charge in [0, 0.05) is 23.6 Å². The van der Waals surface area contributed by atoms with E-state index in [1.54, 1.807) is 18.4 Å². The van der Waals surface area contributed by atoms with Crippen LogP contribution in [0, 0.1) is 0 Å². The fourth-order valence-corrected chi connectivity index (χ4v) is 2.66. The maximum Gasteiger partial charge on any atom is 0.182 e. The Morgan fingerprint density at radius 1 is 1.26 bits per heavy atom. The van der Waals surface area contributed by atoms with E-state index in [0.717, 1.165) is 22.1 Å². The zero-order valence-corrected chi connectivity index (χ0v) is 12.9. The minimum Gasteiger partial charge on any atom is -0.496 e. The predicted octanol–water partition coefficient (Wildman–Crippen LogP) is 4.16. The molecule has 0 bridgehead atoms. The van der Waals surface area contributed by atoms with Crippen LogP contribution in [0.3, 0.4) is 0 Å². The summed E-state index contributed by atoms with van der Waals surface area (Å²) in [5.74, 6) is 0.931. The number of ether oxygens (including phenoxy) is 1. The minimum atomic E-state index is 0.0449.